The number of nitrogens with one attached hydrogen (secondary N) is 1. The van der Waals surface area contributed by atoms with Crippen LogP contribution >= 0.6 is 0 Å². The Labute approximate surface area is 105 Å². The maximum Gasteiger partial charge on any atom is 0.407 e. The average Bonchev–Trinajstić information content (AvgIpc) is 2.36. The van der Waals surface area contributed by atoms with Gasteiger partial charge in [-0.3, -0.25) is 9.69 Å². The van der Waals surface area contributed by atoms with Crippen molar-refractivity contribution in [3.8, 4) is 12.3 Å². The van der Waals surface area contributed by atoms with E-state index in [0.29, 0.717) is 11.3 Å². The number of carbonyl (C=O) groups excluding carboxylic acids is 1. The Morgan fingerprint density at radius 2 is 2.17 bits per heavy atom. The van der Waals surface area contributed by atoms with Crippen LogP contribution in [0.4, 0.5) is 10.5 Å². The minimum Gasteiger partial charge on any atom is -0.465 e. The molecule has 0 fully saturated rings. The Morgan fingerprint density at radius 1 is 1.50 bits per heavy atom. The van der Waals surface area contributed by atoms with E-state index in [1.165, 1.54) is 14.0 Å². The predicted molar refractivity (Wildman–Crippen MR) is 68.3 cm³/mol. The van der Waals surface area contributed by atoms with E-state index < -0.39 is 18.0 Å². The maximum absolute atomic E-state index is 11.8. The number of carbonyl (C=O) groups is 2. The molecule has 5 nitrogen and oxygen atoms in total. The minimum atomic E-state index is -1.16. The summed E-state index contributed by atoms with van der Waals surface area (Å²) in [6, 6.07) is 6.01. The highest BCUT2D eigenvalue weighted by Gasteiger charge is 2.21. The first-order valence-corrected chi connectivity index (χ1v) is 5.29. The molecule has 0 heterocycles. The Kier molecular flexibility index (Phi) is 4.33. The third-order valence-electron chi connectivity index (χ3n) is 2.56. The molecule has 0 aromatic heterocycles. The van der Waals surface area contributed by atoms with Gasteiger partial charge in [-0.2, -0.15) is 0 Å². The molecule has 2 amide bonds. The first kappa shape index (κ1) is 13.6. The van der Waals surface area contributed by atoms with Gasteiger partial charge >= 0.3 is 6.09 Å². The number of terminal acetylenes is 1. The van der Waals surface area contributed by atoms with Crippen LogP contribution in [0.5, 0.6) is 0 Å². The highest BCUT2D eigenvalue weighted by atomic mass is 16.4. The summed E-state index contributed by atoms with van der Waals surface area (Å²) in [5, 5.41) is 11.4. The van der Waals surface area contributed by atoms with E-state index in [1.54, 1.807) is 24.3 Å². The normalized spacial score (nSPS) is 11.2. The van der Waals surface area contributed by atoms with Gasteiger partial charge in [0.05, 0.1) is 0 Å². The molecule has 0 saturated carbocycles. The second kappa shape index (κ2) is 5.73. The highest BCUT2D eigenvalue weighted by molar-refractivity contribution is 5.96. The van der Waals surface area contributed by atoms with Gasteiger partial charge in [-0.15, -0.1) is 6.42 Å². The van der Waals surface area contributed by atoms with Crippen molar-refractivity contribution in [1.82, 2.24) is 4.90 Å². The van der Waals surface area contributed by atoms with E-state index in [0.717, 1.165) is 4.90 Å². The zero-order valence-corrected chi connectivity index (χ0v) is 10.2. The van der Waals surface area contributed by atoms with E-state index in [2.05, 4.69) is 11.2 Å². The molecule has 0 saturated heterocycles. The zero-order valence-electron chi connectivity index (χ0n) is 10.2. The molecule has 1 atom stereocenters. The standard InChI is InChI=1S/C13H14N2O3/c1-4-10-6-5-7-11(8-10)14-12(16)9(2)15(3)13(17)18/h1,5-9H,2-3H3,(H,14,16)(H,17,18). The van der Waals surface area contributed by atoms with Gasteiger partial charge < -0.3 is 10.4 Å². The van der Waals surface area contributed by atoms with Crippen LogP contribution in [0.1, 0.15) is 12.5 Å². The summed E-state index contributed by atoms with van der Waals surface area (Å²) in [6.07, 6.45) is 4.09. The summed E-state index contributed by atoms with van der Waals surface area (Å²) < 4.78 is 0. The number of carboxylic acid groups (broad SMARTS) is 1. The Bertz CT molecular complexity index is 505. The van der Waals surface area contributed by atoms with Crippen molar-refractivity contribution in [2.45, 2.75) is 13.0 Å². The molecular weight excluding hydrogens is 232 g/mol. The van der Waals surface area contributed by atoms with Crippen molar-refractivity contribution in [3.05, 3.63) is 29.8 Å². The summed E-state index contributed by atoms with van der Waals surface area (Å²) in [7, 11) is 1.34. The van der Waals surface area contributed by atoms with Crippen LogP contribution in [0.25, 0.3) is 0 Å². The van der Waals surface area contributed by atoms with Gasteiger partial charge in [-0.05, 0) is 25.1 Å². The molecule has 18 heavy (non-hydrogen) atoms. The molecular formula is C13H14N2O3. The molecule has 0 aliphatic heterocycles. The second-order valence-corrected chi connectivity index (χ2v) is 3.78. The monoisotopic (exact) mass is 246 g/mol. The summed E-state index contributed by atoms with van der Waals surface area (Å²) in [5.41, 5.74) is 1.19. The van der Waals surface area contributed by atoms with Gasteiger partial charge in [0.1, 0.15) is 6.04 Å². The third-order valence-corrected chi connectivity index (χ3v) is 2.56. The topological polar surface area (TPSA) is 69.6 Å². The molecule has 1 aromatic rings. The fraction of sp³-hybridized carbons (Fsp3) is 0.231. The molecule has 1 unspecified atom stereocenters. The molecule has 1 aromatic carbocycles. The summed E-state index contributed by atoms with van der Waals surface area (Å²) in [4.78, 5) is 23.4. The van der Waals surface area contributed by atoms with Crippen molar-refractivity contribution in [1.29, 1.82) is 0 Å². The van der Waals surface area contributed by atoms with Crippen molar-refractivity contribution < 1.29 is 14.7 Å². The number of likely N-dealkylation sites (N-methyl/N-ethyl adjacent to an activating group) is 1. The van der Waals surface area contributed by atoms with Gasteiger partial charge in [-0.1, -0.05) is 12.0 Å². The Balaban J connectivity index is 2.75. The van der Waals surface area contributed by atoms with Gasteiger partial charge in [0.2, 0.25) is 5.91 Å². The summed E-state index contributed by atoms with van der Waals surface area (Å²) >= 11 is 0. The van der Waals surface area contributed by atoms with Crippen LogP contribution in [-0.2, 0) is 4.79 Å². The van der Waals surface area contributed by atoms with Gasteiger partial charge in [0.25, 0.3) is 0 Å². The van der Waals surface area contributed by atoms with Crippen LogP contribution in [-0.4, -0.2) is 35.1 Å². The molecule has 1 rings (SSSR count). The minimum absolute atomic E-state index is 0.408. The van der Waals surface area contributed by atoms with Crippen molar-refractivity contribution >= 4 is 17.7 Å². The highest BCUT2D eigenvalue weighted by Crippen LogP contribution is 2.11. The van der Waals surface area contributed by atoms with Crippen LogP contribution in [0.3, 0.4) is 0 Å². The average molecular weight is 246 g/mol. The second-order valence-electron chi connectivity index (χ2n) is 3.78. The van der Waals surface area contributed by atoms with E-state index >= 15 is 0 Å². The lowest BCUT2D eigenvalue weighted by molar-refractivity contribution is -0.119. The quantitative estimate of drug-likeness (QED) is 0.796. The number of nitrogens with zero attached hydrogens (tertiary/aromatic N) is 1. The molecule has 0 spiro atoms. The Morgan fingerprint density at radius 3 is 2.72 bits per heavy atom. The molecule has 5 heteroatoms. The summed E-state index contributed by atoms with van der Waals surface area (Å²) in [5.74, 6) is 2.05. The Hall–Kier alpha value is -2.48. The van der Waals surface area contributed by atoms with Crippen molar-refractivity contribution in [2.75, 3.05) is 12.4 Å². The lowest BCUT2D eigenvalue weighted by Crippen LogP contribution is -2.42. The number of hydrogen-bond acceptors (Lipinski definition) is 2. The number of amides is 2. The lowest BCUT2D eigenvalue weighted by atomic mass is 10.2. The molecule has 94 valence electrons. The van der Waals surface area contributed by atoms with E-state index in [-0.39, 0.29) is 0 Å². The lowest BCUT2D eigenvalue weighted by Gasteiger charge is -2.20. The molecule has 0 radical (unpaired) electrons. The number of rotatable bonds is 3. The van der Waals surface area contributed by atoms with Crippen LogP contribution in [0.2, 0.25) is 0 Å². The van der Waals surface area contributed by atoms with Gasteiger partial charge in [-0.25, -0.2) is 4.79 Å². The summed E-state index contributed by atoms with van der Waals surface area (Å²) in [6.45, 7) is 1.51. The molecule has 2 N–H and O–H groups in total. The maximum atomic E-state index is 11.8. The molecule has 0 aliphatic rings. The van der Waals surface area contributed by atoms with Crippen molar-refractivity contribution in [2.24, 2.45) is 0 Å². The SMILES string of the molecule is C#Cc1cccc(NC(=O)C(C)N(C)C(=O)O)c1. The van der Waals surface area contributed by atoms with Crippen LogP contribution in [0.15, 0.2) is 24.3 Å². The van der Waals surface area contributed by atoms with E-state index in [4.69, 9.17) is 11.5 Å². The van der Waals surface area contributed by atoms with Crippen LogP contribution in [0, 0.1) is 12.3 Å². The third kappa shape index (κ3) is 3.25. The van der Waals surface area contributed by atoms with E-state index in [1.807, 2.05) is 0 Å². The first-order chi connectivity index (χ1) is 8.45. The molecule has 0 bridgehead atoms. The first-order valence-electron chi connectivity index (χ1n) is 5.29. The fourth-order valence-electron chi connectivity index (χ4n) is 1.27. The fourth-order valence-corrected chi connectivity index (χ4v) is 1.27. The number of anilines is 1. The number of hydrogen-bond donors (Lipinski definition) is 2. The van der Waals surface area contributed by atoms with Crippen molar-refractivity contribution in [3.63, 3.8) is 0 Å². The smallest absolute Gasteiger partial charge is 0.407 e. The van der Waals surface area contributed by atoms with Gasteiger partial charge in [0.15, 0.2) is 0 Å². The molecule has 0 aliphatic carbocycles. The predicted octanol–water partition coefficient (Wildman–Crippen LogP) is 1.60. The van der Waals surface area contributed by atoms with Gasteiger partial charge in [0, 0.05) is 18.3 Å². The number of benzene rings is 1. The van der Waals surface area contributed by atoms with E-state index in [9.17, 15) is 9.59 Å². The van der Waals surface area contributed by atoms with Crippen LogP contribution < -0.4 is 5.32 Å². The zero-order chi connectivity index (χ0) is 13.7. The largest absolute Gasteiger partial charge is 0.465 e.